The summed E-state index contributed by atoms with van der Waals surface area (Å²) in [5.41, 5.74) is 9.83. The van der Waals surface area contributed by atoms with Crippen molar-refractivity contribution in [2.45, 2.75) is 6.92 Å². The molecule has 92 valence electrons. The van der Waals surface area contributed by atoms with Gasteiger partial charge in [-0.3, -0.25) is 4.57 Å². The van der Waals surface area contributed by atoms with E-state index in [9.17, 15) is 0 Å². The van der Waals surface area contributed by atoms with E-state index in [4.69, 9.17) is 11.0 Å². The fourth-order valence-electron chi connectivity index (χ4n) is 2.09. The number of nitriles is 1. The Balaban J connectivity index is 2.36. The van der Waals surface area contributed by atoms with Gasteiger partial charge in [-0.15, -0.1) is 0 Å². The van der Waals surface area contributed by atoms with Crippen molar-refractivity contribution in [2.75, 3.05) is 5.73 Å². The quantitative estimate of drug-likeness (QED) is 0.716. The summed E-state index contributed by atoms with van der Waals surface area (Å²) in [4.78, 5) is 8.59. The Bertz CT molecular complexity index is 810. The summed E-state index contributed by atoms with van der Waals surface area (Å²) in [6.07, 6.45) is 1.70. The van der Waals surface area contributed by atoms with Gasteiger partial charge in [0.15, 0.2) is 5.65 Å². The molecule has 0 saturated carbocycles. The van der Waals surface area contributed by atoms with Gasteiger partial charge in [-0.1, -0.05) is 6.07 Å². The van der Waals surface area contributed by atoms with Crippen molar-refractivity contribution in [3.05, 3.63) is 47.7 Å². The van der Waals surface area contributed by atoms with E-state index in [1.54, 1.807) is 22.9 Å². The highest BCUT2D eigenvalue weighted by Gasteiger charge is 2.12. The summed E-state index contributed by atoms with van der Waals surface area (Å²) in [6, 6.07) is 11.3. The predicted octanol–water partition coefficient (Wildman–Crippen LogP) is 2.18. The minimum absolute atomic E-state index is 0.367. The molecule has 3 aromatic rings. The Labute approximate surface area is 109 Å². The second-order valence-corrected chi connectivity index (χ2v) is 4.26. The number of nitrogen functional groups attached to an aromatic ring is 1. The molecular weight excluding hydrogens is 238 g/mol. The number of nitrogens with zero attached hydrogens (tertiary/aromatic N) is 4. The maximum atomic E-state index is 9.01. The van der Waals surface area contributed by atoms with E-state index in [-0.39, 0.29) is 0 Å². The van der Waals surface area contributed by atoms with Crippen LogP contribution in [0.15, 0.2) is 36.5 Å². The molecule has 0 aliphatic heterocycles. The Hall–Kier alpha value is -2.87. The van der Waals surface area contributed by atoms with Crippen molar-refractivity contribution in [1.82, 2.24) is 14.5 Å². The Kier molecular flexibility index (Phi) is 2.43. The Morgan fingerprint density at radius 2 is 2.16 bits per heavy atom. The molecule has 2 heterocycles. The number of hydrogen-bond donors (Lipinski definition) is 1. The van der Waals surface area contributed by atoms with E-state index >= 15 is 0 Å². The maximum absolute atomic E-state index is 9.01. The summed E-state index contributed by atoms with van der Waals surface area (Å²) in [6.45, 7) is 1.96. The zero-order chi connectivity index (χ0) is 13.4. The Morgan fingerprint density at radius 3 is 2.95 bits per heavy atom. The van der Waals surface area contributed by atoms with Crippen LogP contribution in [0.5, 0.6) is 0 Å². The highest BCUT2D eigenvalue weighted by molar-refractivity contribution is 5.77. The SMILES string of the molecule is Cc1ccc(C#N)cc1-n1c(N)nc2cccnc21. The van der Waals surface area contributed by atoms with Crippen molar-refractivity contribution in [2.24, 2.45) is 0 Å². The van der Waals surface area contributed by atoms with E-state index in [0.717, 1.165) is 16.8 Å². The molecule has 0 saturated heterocycles. The number of anilines is 1. The molecule has 2 aromatic heterocycles. The molecule has 2 N–H and O–H groups in total. The smallest absolute Gasteiger partial charge is 0.207 e. The van der Waals surface area contributed by atoms with Crippen LogP contribution < -0.4 is 5.73 Å². The van der Waals surface area contributed by atoms with Crippen molar-refractivity contribution in [1.29, 1.82) is 5.26 Å². The van der Waals surface area contributed by atoms with Crippen LogP contribution in [0, 0.1) is 18.3 Å². The van der Waals surface area contributed by atoms with Gasteiger partial charge in [0.1, 0.15) is 5.52 Å². The van der Waals surface area contributed by atoms with Gasteiger partial charge < -0.3 is 5.73 Å². The van der Waals surface area contributed by atoms with Crippen LogP contribution in [0.3, 0.4) is 0 Å². The number of benzene rings is 1. The molecule has 0 unspecified atom stereocenters. The summed E-state index contributed by atoms with van der Waals surface area (Å²) < 4.78 is 1.77. The number of aryl methyl sites for hydroxylation is 1. The zero-order valence-electron chi connectivity index (χ0n) is 10.3. The average molecular weight is 249 g/mol. The molecule has 0 atom stereocenters. The lowest BCUT2D eigenvalue weighted by molar-refractivity contribution is 1.06. The van der Waals surface area contributed by atoms with Gasteiger partial charge in [0.2, 0.25) is 5.95 Å². The van der Waals surface area contributed by atoms with Crippen LogP contribution in [0.4, 0.5) is 5.95 Å². The van der Waals surface area contributed by atoms with Gasteiger partial charge in [0.25, 0.3) is 0 Å². The monoisotopic (exact) mass is 249 g/mol. The molecule has 0 aliphatic carbocycles. The van der Waals surface area contributed by atoms with Crippen molar-refractivity contribution >= 4 is 17.1 Å². The highest BCUT2D eigenvalue weighted by Crippen LogP contribution is 2.24. The van der Waals surface area contributed by atoms with E-state index in [1.807, 2.05) is 25.1 Å². The minimum atomic E-state index is 0.367. The molecule has 0 fully saturated rings. The first-order chi connectivity index (χ1) is 9.20. The number of pyridine rings is 1. The molecule has 0 bridgehead atoms. The largest absolute Gasteiger partial charge is 0.369 e. The third-order valence-corrected chi connectivity index (χ3v) is 3.02. The first-order valence-corrected chi connectivity index (χ1v) is 5.81. The van der Waals surface area contributed by atoms with E-state index in [1.165, 1.54) is 0 Å². The predicted molar refractivity (Wildman–Crippen MR) is 72.7 cm³/mol. The fraction of sp³-hybridized carbons (Fsp3) is 0.0714. The number of imidazole rings is 1. The fourth-order valence-corrected chi connectivity index (χ4v) is 2.09. The van der Waals surface area contributed by atoms with Crippen LogP contribution in [0.2, 0.25) is 0 Å². The van der Waals surface area contributed by atoms with Crippen LogP contribution in [-0.4, -0.2) is 14.5 Å². The van der Waals surface area contributed by atoms with E-state index in [0.29, 0.717) is 17.2 Å². The molecule has 1 aromatic carbocycles. The van der Waals surface area contributed by atoms with Gasteiger partial charge >= 0.3 is 0 Å². The third kappa shape index (κ3) is 1.70. The maximum Gasteiger partial charge on any atom is 0.207 e. The molecule has 5 nitrogen and oxygen atoms in total. The number of aromatic nitrogens is 3. The second kappa shape index (κ2) is 4.10. The second-order valence-electron chi connectivity index (χ2n) is 4.26. The standard InChI is InChI=1S/C14H11N5/c1-9-4-5-10(8-15)7-12(9)19-13-11(18-14(19)16)3-2-6-17-13/h2-7H,1H3,(H2,16,18). The van der Waals surface area contributed by atoms with Gasteiger partial charge in [-0.25, -0.2) is 9.97 Å². The van der Waals surface area contributed by atoms with Crippen LogP contribution >= 0.6 is 0 Å². The zero-order valence-corrected chi connectivity index (χ0v) is 10.3. The highest BCUT2D eigenvalue weighted by atomic mass is 15.2. The van der Waals surface area contributed by atoms with E-state index in [2.05, 4.69) is 16.0 Å². The van der Waals surface area contributed by atoms with Crippen LogP contribution in [0.1, 0.15) is 11.1 Å². The molecule has 19 heavy (non-hydrogen) atoms. The lowest BCUT2D eigenvalue weighted by atomic mass is 10.1. The number of nitrogens with two attached hydrogens (primary N) is 1. The number of rotatable bonds is 1. The van der Waals surface area contributed by atoms with Gasteiger partial charge in [0, 0.05) is 6.20 Å². The van der Waals surface area contributed by atoms with Crippen LogP contribution in [-0.2, 0) is 0 Å². The first-order valence-electron chi connectivity index (χ1n) is 5.81. The van der Waals surface area contributed by atoms with Crippen LogP contribution in [0.25, 0.3) is 16.9 Å². The van der Waals surface area contributed by atoms with Gasteiger partial charge in [0.05, 0.1) is 17.3 Å². The average Bonchev–Trinajstić information content (AvgIpc) is 2.75. The summed E-state index contributed by atoms with van der Waals surface area (Å²) in [7, 11) is 0. The molecule has 3 rings (SSSR count). The van der Waals surface area contributed by atoms with Crippen molar-refractivity contribution in [3.8, 4) is 11.8 Å². The molecular formula is C14H11N5. The third-order valence-electron chi connectivity index (χ3n) is 3.02. The van der Waals surface area contributed by atoms with Gasteiger partial charge in [-0.2, -0.15) is 5.26 Å². The summed E-state index contributed by atoms with van der Waals surface area (Å²) >= 11 is 0. The molecule has 0 amide bonds. The lowest BCUT2D eigenvalue weighted by Crippen LogP contribution is -2.03. The summed E-state index contributed by atoms with van der Waals surface area (Å²) in [5.74, 6) is 0.367. The van der Waals surface area contributed by atoms with Gasteiger partial charge in [-0.05, 0) is 36.8 Å². The molecule has 0 radical (unpaired) electrons. The number of fused-ring (bicyclic) bond motifs is 1. The lowest BCUT2D eigenvalue weighted by Gasteiger charge is -2.09. The van der Waals surface area contributed by atoms with Crippen molar-refractivity contribution in [3.63, 3.8) is 0 Å². The minimum Gasteiger partial charge on any atom is -0.369 e. The first kappa shape index (κ1) is 11.2. The van der Waals surface area contributed by atoms with E-state index < -0.39 is 0 Å². The number of hydrogen-bond acceptors (Lipinski definition) is 4. The Morgan fingerprint density at radius 1 is 1.32 bits per heavy atom. The molecule has 0 aliphatic rings. The topological polar surface area (TPSA) is 80.5 Å². The van der Waals surface area contributed by atoms with Crippen molar-refractivity contribution < 1.29 is 0 Å². The normalized spacial score (nSPS) is 10.5. The molecule has 5 heteroatoms. The molecule has 0 spiro atoms. The summed E-state index contributed by atoms with van der Waals surface area (Å²) in [5, 5.41) is 9.01.